The maximum Gasteiger partial charge on any atom is 1.00 e. The van der Waals surface area contributed by atoms with Crippen molar-refractivity contribution in [3.05, 3.63) is 101 Å². The van der Waals surface area contributed by atoms with Crippen LogP contribution in [-0.2, 0) is 19.1 Å². The molecule has 2 atom stereocenters. The number of ether oxygens (including phenoxy) is 2. The first-order chi connectivity index (χ1) is 35.2. The second-order valence-corrected chi connectivity index (χ2v) is 17.9. The van der Waals surface area contributed by atoms with Crippen molar-refractivity contribution >= 4 is 48.7 Å². The van der Waals surface area contributed by atoms with Gasteiger partial charge in [-0.2, -0.15) is 21.0 Å². The fraction of sp³-hybridized carbons (Fsp3) is 0.423. The van der Waals surface area contributed by atoms with Gasteiger partial charge in [0, 0.05) is 88.5 Å². The maximum absolute atomic E-state index is 12.5. The van der Waals surface area contributed by atoms with Crippen molar-refractivity contribution in [1.29, 1.82) is 21.0 Å². The van der Waals surface area contributed by atoms with Crippen molar-refractivity contribution in [2.24, 2.45) is 0 Å². The van der Waals surface area contributed by atoms with E-state index >= 15 is 0 Å². The summed E-state index contributed by atoms with van der Waals surface area (Å²) in [6, 6.07) is 19.5. The average Bonchev–Trinajstić information content (AvgIpc) is 4.35. The van der Waals surface area contributed by atoms with E-state index in [0.29, 0.717) is 111 Å². The van der Waals surface area contributed by atoms with Gasteiger partial charge < -0.3 is 35.7 Å². The third-order valence-corrected chi connectivity index (χ3v) is 12.7. The number of halogens is 4. The predicted molar refractivity (Wildman–Crippen MR) is 272 cm³/mol. The van der Waals surface area contributed by atoms with Crippen LogP contribution in [0.3, 0.4) is 0 Å². The molecule has 4 aromatic heterocycles. The van der Waals surface area contributed by atoms with E-state index < -0.39 is 7.54 Å². The first-order valence-electron chi connectivity index (χ1n) is 23.6. The molecule has 74 heavy (non-hydrogen) atoms. The van der Waals surface area contributed by atoms with Crippen LogP contribution >= 0.6 is 11.6 Å². The van der Waals surface area contributed by atoms with Crippen LogP contribution in [0.4, 0.5) is 24.6 Å². The number of aromatic nitrogens is 4. The fourth-order valence-electron chi connectivity index (χ4n) is 8.77. The fourth-order valence-corrected chi connectivity index (χ4v) is 8.97. The van der Waals surface area contributed by atoms with Crippen molar-refractivity contribution in [1.82, 2.24) is 29.7 Å². The smallest absolute Gasteiger partial charge is 0.521 e. The van der Waals surface area contributed by atoms with Crippen molar-refractivity contribution in [3.63, 3.8) is 0 Å². The molecule has 2 saturated carbocycles. The minimum absolute atomic E-state index is 0. The average molecular weight is 1060 g/mol. The van der Waals surface area contributed by atoms with Crippen LogP contribution in [0.25, 0.3) is 28.3 Å². The van der Waals surface area contributed by atoms with Crippen LogP contribution in [0.2, 0.25) is 5.15 Å². The maximum atomic E-state index is 12.5. The zero-order valence-corrected chi connectivity index (χ0v) is 46.2. The third kappa shape index (κ3) is 16.1. The molecule has 2 aliphatic carbocycles. The van der Waals surface area contributed by atoms with Crippen molar-refractivity contribution < 1.29 is 83.4 Å². The van der Waals surface area contributed by atoms with Gasteiger partial charge in [-0.3, -0.25) is 29.1 Å². The first-order valence-corrected chi connectivity index (χ1v) is 24.0. The van der Waals surface area contributed by atoms with Crippen LogP contribution in [0.1, 0.15) is 104 Å². The number of carbonyl (C=O) groups is 2. The third-order valence-electron chi connectivity index (χ3n) is 12.5. The molecule has 4 aromatic rings. The molecule has 22 heteroatoms. The van der Waals surface area contributed by atoms with Gasteiger partial charge in [-0.05, 0) is 93.1 Å². The van der Waals surface area contributed by atoms with Crippen molar-refractivity contribution in [2.75, 3.05) is 76.5 Å². The summed E-state index contributed by atoms with van der Waals surface area (Å²) < 4.78 is 39.1. The predicted octanol–water partition coefficient (Wildman–Crippen LogP) is 5.46. The van der Waals surface area contributed by atoms with Gasteiger partial charge in [-0.15, -0.1) is 0 Å². The van der Waals surface area contributed by atoms with Gasteiger partial charge in [0.05, 0.1) is 54.3 Å². The van der Waals surface area contributed by atoms with Gasteiger partial charge in [-0.25, -0.2) is 19.9 Å². The summed E-state index contributed by atoms with van der Waals surface area (Å²) in [7, 11) is -0.484. The van der Waals surface area contributed by atoms with E-state index in [9.17, 15) is 43.6 Å². The molecular formula is C52H56BClF3KN12O4. The summed E-state index contributed by atoms with van der Waals surface area (Å²) in [5.41, 5.74) is 7.21. The molecule has 16 nitrogen and oxygen atoms in total. The Hall–Kier alpha value is -5.72. The molecule has 380 valence electrons. The number of hydrogen-bond donors (Lipinski definition) is 0. The minimum Gasteiger partial charge on any atom is -0.521 e. The molecule has 2 aliphatic heterocycles. The number of rotatable bonds is 13. The minimum atomic E-state index is -3.67. The molecular weight excluding hydrogens is 999 g/mol. The van der Waals surface area contributed by atoms with Crippen LogP contribution in [-0.4, -0.2) is 128 Å². The summed E-state index contributed by atoms with van der Waals surface area (Å²) in [5.74, 6) is 2.14. The topological polar surface area (TPSA) is 212 Å². The summed E-state index contributed by atoms with van der Waals surface area (Å²) in [6.07, 6.45) is 6.51. The van der Waals surface area contributed by atoms with Gasteiger partial charge in [0.25, 0.3) is 0 Å². The molecule has 6 heterocycles. The largest absolute Gasteiger partial charge is 1.00 e. The Morgan fingerprint density at radius 1 is 0.703 bits per heavy atom. The Kier molecular flexibility index (Phi) is 24.2. The molecule has 0 N–H and O–H groups in total. The van der Waals surface area contributed by atoms with Crippen LogP contribution in [0.15, 0.2) is 49.6 Å². The van der Waals surface area contributed by atoms with Gasteiger partial charge in [0.15, 0.2) is 0 Å². The molecule has 0 spiro atoms. The van der Waals surface area contributed by atoms with Gasteiger partial charge in [-0.1, -0.05) is 18.2 Å². The van der Waals surface area contributed by atoms with Crippen LogP contribution < -0.4 is 61.2 Å². The van der Waals surface area contributed by atoms with E-state index in [1.165, 1.54) is 0 Å². The van der Waals surface area contributed by atoms with Gasteiger partial charge in [0.2, 0.25) is 11.8 Å². The molecule has 8 rings (SSSR count). The van der Waals surface area contributed by atoms with E-state index in [0.717, 1.165) is 59.3 Å². The molecule has 0 bridgehead atoms. The zero-order chi connectivity index (χ0) is 53.4. The zero-order valence-electron chi connectivity index (χ0n) is 42.3. The molecule has 0 unspecified atom stereocenters. The van der Waals surface area contributed by atoms with Crippen LogP contribution in [0.5, 0.6) is 0 Å². The summed E-state index contributed by atoms with van der Waals surface area (Å²) in [5, 5.41) is 38.9. The number of hydrogen-bond acceptors (Lipinski definition) is 14. The Morgan fingerprint density at radius 3 is 1.46 bits per heavy atom. The molecule has 2 saturated heterocycles. The van der Waals surface area contributed by atoms with E-state index in [1.807, 2.05) is 47.9 Å². The number of carbonyl (C=O) groups excluding carboxylic acids is 2. The molecule has 4 aliphatic rings. The number of anilines is 2. The number of nitriles is 4. The molecule has 0 radical (unpaired) electrons. The van der Waals surface area contributed by atoms with Gasteiger partial charge in [0.1, 0.15) is 52.5 Å². The second kappa shape index (κ2) is 29.4. The number of piperazine rings is 2. The normalized spacial score (nSPS) is 16.6. The quantitative estimate of drug-likeness (QED) is 0.0925. The Balaban J connectivity index is 0.000000286. The van der Waals surface area contributed by atoms with E-state index in [4.69, 9.17) is 31.0 Å². The second-order valence-electron chi connectivity index (χ2n) is 17.5. The number of nitrogens with zero attached hydrogens (tertiary/aromatic N) is 12. The Bertz CT molecular complexity index is 2810. The summed E-state index contributed by atoms with van der Waals surface area (Å²) >= 11 is 6.14. The number of methoxy groups -OCH3 is 2. The first kappa shape index (κ1) is 60.8. The monoisotopic (exact) mass is 1050 g/mol. The van der Waals surface area contributed by atoms with E-state index in [-0.39, 0.29) is 86.1 Å². The standard InChI is InChI=1S/C26H28N6O2.C24H25ClN6O2.C2H3.BF3.K/c1-4-21-11-19(12-22(15-28)29-21)23-13-20(14-27)26(30-25(23)18-5-6-18)31-8-9-32(17(2)16-31)24(33)7-10-34-3;1-15-14-30(6-7-31(15)22(32)5-8-33-2)24-18(12-26)10-20(23(29-24)16-3-4-16)17-9-19(13-27)28-21(25)11-17;1-2;2-1(3)4;/h4,11-13,17-18H,1,5-10,16H2,2-3H3;9-11,15-16H,3-8,14H2,1-2H3;1H,2H2;;/q;;-1;;+1/t17-;15-;;;/m11.../s1. The van der Waals surface area contributed by atoms with E-state index in [1.54, 1.807) is 38.5 Å². The van der Waals surface area contributed by atoms with E-state index in [2.05, 4.69) is 57.7 Å². The van der Waals surface area contributed by atoms with Crippen molar-refractivity contribution in [2.45, 2.75) is 76.3 Å². The Labute approximate surface area is 479 Å². The molecule has 0 aromatic carbocycles. The summed E-state index contributed by atoms with van der Waals surface area (Å²) in [6.45, 7) is 19.2. The SMILES string of the molecule is C=Cc1cc(-c2cc(C#N)c(N3CCN(C(=O)CCOC)[C@H](C)C3)nc2C2CC2)cc(C#N)n1.COCCC(=O)N1CCN(c2nc(C3CC3)c(-c3cc(Cl)nc(C#N)c3)cc2C#N)C[C@H]1C.FB(F)F.[CH-]=C.[K+]. The Morgan fingerprint density at radius 2 is 1.11 bits per heavy atom. The van der Waals surface area contributed by atoms with Crippen LogP contribution in [0, 0.1) is 51.9 Å². The number of amides is 2. The van der Waals surface area contributed by atoms with Crippen molar-refractivity contribution in [3.8, 4) is 46.5 Å². The number of pyridine rings is 4. The molecule has 2 amide bonds. The van der Waals surface area contributed by atoms with Gasteiger partial charge >= 0.3 is 58.9 Å². The summed E-state index contributed by atoms with van der Waals surface area (Å²) in [4.78, 5) is 51.2. The molecule has 4 fully saturated rings.